The second kappa shape index (κ2) is 5.44. The highest BCUT2D eigenvalue weighted by Crippen LogP contribution is 2.34. The van der Waals surface area contributed by atoms with Crippen molar-refractivity contribution in [2.45, 2.75) is 18.2 Å². The SMILES string of the molecule is CC(CC(=O)c1ccc2c(c1)SCCO2)C(=O)O. The quantitative estimate of drug-likeness (QED) is 0.848. The summed E-state index contributed by atoms with van der Waals surface area (Å²) < 4.78 is 5.45. The van der Waals surface area contributed by atoms with Crippen LogP contribution in [0.5, 0.6) is 5.75 Å². The maximum absolute atomic E-state index is 11.9. The van der Waals surface area contributed by atoms with E-state index in [0.717, 1.165) is 16.4 Å². The number of Topliss-reactive ketones (excluding diaryl/α,β-unsaturated/α-hetero) is 1. The summed E-state index contributed by atoms with van der Waals surface area (Å²) in [5.41, 5.74) is 0.555. The van der Waals surface area contributed by atoms with Crippen LogP contribution in [0.25, 0.3) is 0 Å². The fraction of sp³-hybridized carbons (Fsp3) is 0.385. The zero-order chi connectivity index (χ0) is 13.1. The molecule has 0 aliphatic carbocycles. The fourth-order valence-corrected chi connectivity index (χ4v) is 2.57. The van der Waals surface area contributed by atoms with E-state index in [1.54, 1.807) is 30.0 Å². The minimum Gasteiger partial charge on any atom is -0.492 e. The van der Waals surface area contributed by atoms with Crippen molar-refractivity contribution in [1.29, 1.82) is 0 Å². The molecule has 4 nitrogen and oxygen atoms in total. The van der Waals surface area contributed by atoms with E-state index in [2.05, 4.69) is 0 Å². The van der Waals surface area contributed by atoms with E-state index < -0.39 is 11.9 Å². The molecular formula is C13H14O4S. The molecule has 0 fully saturated rings. The number of ether oxygens (including phenoxy) is 1. The number of fused-ring (bicyclic) bond motifs is 1. The fourth-order valence-electron chi connectivity index (χ4n) is 1.70. The summed E-state index contributed by atoms with van der Waals surface area (Å²) in [5.74, 6) is -0.0692. The van der Waals surface area contributed by atoms with Gasteiger partial charge in [0.05, 0.1) is 17.4 Å². The van der Waals surface area contributed by atoms with Crippen LogP contribution < -0.4 is 4.74 Å². The van der Waals surface area contributed by atoms with Crippen molar-refractivity contribution in [3.63, 3.8) is 0 Å². The first kappa shape index (κ1) is 13.0. The number of hydrogen-bond donors (Lipinski definition) is 1. The minimum absolute atomic E-state index is 0.0274. The van der Waals surface area contributed by atoms with Crippen molar-refractivity contribution >= 4 is 23.5 Å². The number of carboxylic acid groups (broad SMARTS) is 1. The number of carboxylic acids is 1. The Morgan fingerprint density at radius 1 is 1.50 bits per heavy atom. The molecule has 1 atom stereocenters. The van der Waals surface area contributed by atoms with Gasteiger partial charge in [0.15, 0.2) is 5.78 Å². The smallest absolute Gasteiger partial charge is 0.306 e. The first-order chi connectivity index (χ1) is 8.58. The van der Waals surface area contributed by atoms with Crippen molar-refractivity contribution in [3.8, 4) is 5.75 Å². The predicted octanol–water partition coefficient (Wildman–Crippen LogP) is 2.46. The minimum atomic E-state index is -0.945. The third-order valence-corrected chi connectivity index (χ3v) is 3.78. The molecule has 18 heavy (non-hydrogen) atoms. The highest BCUT2D eigenvalue weighted by molar-refractivity contribution is 7.99. The highest BCUT2D eigenvalue weighted by Gasteiger charge is 2.19. The molecule has 1 N–H and O–H groups in total. The van der Waals surface area contributed by atoms with E-state index >= 15 is 0 Å². The number of rotatable bonds is 4. The number of aliphatic carboxylic acids is 1. The largest absolute Gasteiger partial charge is 0.492 e. The molecular weight excluding hydrogens is 252 g/mol. The lowest BCUT2D eigenvalue weighted by atomic mass is 10.00. The van der Waals surface area contributed by atoms with Gasteiger partial charge in [0.2, 0.25) is 0 Å². The van der Waals surface area contributed by atoms with Gasteiger partial charge in [-0.1, -0.05) is 6.92 Å². The Kier molecular flexibility index (Phi) is 3.91. The van der Waals surface area contributed by atoms with Gasteiger partial charge < -0.3 is 9.84 Å². The van der Waals surface area contributed by atoms with Crippen LogP contribution in [0.1, 0.15) is 23.7 Å². The summed E-state index contributed by atoms with van der Waals surface area (Å²) in [4.78, 5) is 23.6. The van der Waals surface area contributed by atoms with Gasteiger partial charge in [0.25, 0.3) is 0 Å². The summed E-state index contributed by atoms with van der Waals surface area (Å²) in [5, 5.41) is 8.79. The molecule has 0 saturated carbocycles. The molecule has 1 unspecified atom stereocenters. The summed E-state index contributed by atoms with van der Waals surface area (Å²) >= 11 is 1.65. The first-order valence-corrected chi connectivity index (χ1v) is 6.72. The Morgan fingerprint density at radius 2 is 2.28 bits per heavy atom. The zero-order valence-electron chi connectivity index (χ0n) is 10.0. The van der Waals surface area contributed by atoms with E-state index in [1.807, 2.05) is 0 Å². The molecule has 0 amide bonds. The molecule has 0 radical (unpaired) electrons. The van der Waals surface area contributed by atoms with Gasteiger partial charge >= 0.3 is 5.97 Å². The summed E-state index contributed by atoms with van der Waals surface area (Å²) in [6.45, 7) is 2.22. The molecule has 1 heterocycles. The third-order valence-electron chi connectivity index (χ3n) is 2.78. The van der Waals surface area contributed by atoms with Gasteiger partial charge in [0, 0.05) is 17.7 Å². The summed E-state index contributed by atoms with van der Waals surface area (Å²) in [7, 11) is 0. The molecule has 1 aliphatic rings. The van der Waals surface area contributed by atoms with Crippen LogP contribution in [0, 0.1) is 5.92 Å². The number of carbonyl (C=O) groups is 2. The van der Waals surface area contributed by atoms with Gasteiger partial charge in [-0.25, -0.2) is 0 Å². The Bertz CT molecular complexity index is 484. The number of thioether (sulfide) groups is 1. The van der Waals surface area contributed by atoms with Crippen LogP contribution >= 0.6 is 11.8 Å². The molecule has 96 valence electrons. The van der Waals surface area contributed by atoms with Crippen LogP contribution in [0.3, 0.4) is 0 Å². The molecule has 0 aromatic heterocycles. The lowest BCUT2D eigenvalue weighted by molar-refractivity contribution is -0.141. The van der Waals surface area contributed by atoms with Crippen molar-refractivity contribution in [3.05, 3.63) is 23.8 Å². The lowest BCUT2D eigenvalue weighted by Gasteiger charge is -2.17. The monoisotopic (exact) mass is 266 g/mol. The van der Waals surface area contributed by atoms with E-state index in [9.17, 15) is 9.59 Å². The number of ketones is 1. The van der Waals surface area contributed by atoms with Crippen LogP contribution in [-0.2, 0) is 4.79 Å². The van der Waals surface area contributed by atoms with Crippen LogP contribution in [0.2, 0.25) is 0 Å². The van der Waals surface area contributed by atoms with Crippen LogP contribution in [-0.4, -0.2) is 29.2 Å². The number of benzene rings is 1. The number of carbonyl (C=O) groups excluding carboxylic acids is 1. The lowest BCUT2D eigenvalue weighted by Crippen LogP contribution is -2.15. The molecule has 0 saturated heterocycles. The molecule has 0 spiro atoms. The second-order valence-electron chi connectivity index (χ2n) is 4.23. The van der Waals surface area contributed by atoms with Crippen molar-refractivity contribution in [2.24, 2.45) is 5.92 Å². The summed E-state index contributed by atoms with van der Waals surface area (Å²) in [6.07, 6.45) is 0.0274. The number of hydrogen-bond acceptors (Lipinski definition) is 4. The Morgan fingerprint density at radius 3 is 3.00 bits per heavy atom. The Balaban J connectivity index is 2.13. The van der Waals surface area contributed by atoms with Gasteiger partial charge in [-0.15, -0.1) is 11.8 Å². The van der Waals surface area contributed by atoms with E-state index in [-0.39, 0.29) is 12.2 Å². The van der Waals surface area contributed by atoms with Gasteiger partial charge in [-0.2, -0.15) is 0 Å². The standard InChI is InChI=1S/C13H14O4S/c1-8(13(15)16)6-10(14)9-2-3-11-12(7-9)18-5-4-17-11/h2-3,7-8H,4-6H2,1H3,(H,15,16). The van der Waals surface area contributed by atoms with Gasteiger partial charge in [-0.3, -0.25) is 9.59 Å². The van der Waals surface area contributed by atoms with Crippen LogP contribution in [0.4, 0.5) is 0 Å². The van der Waals surface area contributed by atoms with E-state index in [0.29, 0.717) is 12.2 Å². The zero-order valence-corrected chi connectivity index (χ0v) is 10.8. The molecule has 1 aromatic rings. The Labute approximate surface area is 109 Å². The second-order valence-corrected chi connectivity index (χ2v) is 5.36. The van der Waals surface area contributed by atoms with Crippen molar-refractivity contribution in [2.75, 3.05) is 12.4 Å². The first-order valence-electron chi connectivity index (χ1n) is 5.73. The van der Waals surface area contributed by atoms with Crippen molar-refractivity contribution in [1.82, 2.24) is 0 Å². The maximum atomic E-state index is 11.9. The summed E-state index contributed by atoms with van der Waals surface area (Å²) in [6, 6.07) is 5.26. The molecule has 2 rings (SSSR count). The van der Waals surface area contributed by atoms with E-state index in [1.165, 1.54) is 6.92 Å². The molecule has 5 heteroatoms. The Hall–Kier alpha value is -1.49. The van der Waals surface area contributed by atoms with Crippen LogP contribution in [0.15, 0.2) is 23.1 Å². The van der Waals surface area contributed by atoms with Crippen molar-refractivity contribution < 1.29 is 19.4 Å². The normalized spacial score (nSPS) is 15.4. The molecule has 0 bridgehead atoms. The van der Waals surface area contributed by atoms with Gasteiger partial charge in [-0.05, 0) is 18.2 Å². The van der Waals surface area contributed by atoms with E-state index in [4.69, 9.17) is 9.84 Å². The maximum Gasteiger partial charge on any atom is 0.306 e. The highest BCUT2D eigenvalue weighted by atomic mass is 32.2. The molecule has 1 aromatic carbocycles. The topological polar surface area (TPSA) is 63.6 Å². The predicted molar refractivity (Wildman–Crippen MR) is 68.4 cm³/mol. The van der Waals surface area contributed by atoms with Gasteiger partial charge in [0.1, 0.15) is 5.75 Å². The molecule has 1 aliphatic heterocycles. The average Bonchev–Trinajstić information content (AvgIpc) is 2.37. The average molecular weight is 266 g/mol. The third kappa shape index (κ3) is 2.85.